The monoisotopic (exact) mass is 396 g/mol. The Balaban J connectivity index is 1.78. The van der Waals surface area contributed by atoms with E-state index < -0.39 is 18.5 Å². The molecule has 2 N–H and O–H groups in total. The van der Waals surface area contributed by atoms with Gasteiger partial charge in [0.2, 0.25) is 5.91 Å². The zero-order valence-electron chi connectivity index (χ0n) is 16.4. The van der Waals surface area contributed by atoms with Gasteiger partial charge in [-0.25, -0.2) is 4.79 Å². The van der Waals surface area contributed by atoms with Crippen LogP contribution in [-0.4, -0.2) is 37.0 Å². The van der Waals surface area contributed by atoms with Crippen LogP contribution in [-0.2, 0) is 19.1 Å². The zero-order chi connectivity index (χ0) is 21.1. The maximum absolute atomic E-state index is 11.8. The lowest BCUT2D eigenvalue weighted by Crippen LogP contribution is -2.41. The zero-order valence-corrected chi connectivity index (χ0v) is 16.4. The highest BCUT2D eigenvalue weighted by Crippen LogP contribution is 2.22. The Morgan fingerprint density at radius 2 is 1.69 bits per heavy atom. The van der Waals surface area contributed by atoms with Crippen molar-refractivity contribution in [3.63, 3.8) is 0 Å². The van der Waals surface area contributed by atoms with Crippen LogP contribution in [0.5, 0.6) is 11.5 Å². The van der Waals surface area contributed by atoms with Crippen LogP contribution in [0.15, 0.2) is 60.7 Å². The van der Waals surface area contributed by atoms with E-state index in [9.17, 15) is 14.4 Å². The molecule has 2 aromatic rings. The van der Waals surface area contributed by atoms with E-state index in [4.69, 9.17) is 9.47 Å². The number of ether oxygens (including phenoxy) is 2. The maximum atomic E-state index is 11.8. The number of rotatable bonds is 9. The van der Waals surface area contributed by atoms with Gasteiger partial charge in [0.25, 0.3) is 5.91 Å². The molecule has 2 amide bonds. The lowest BCUT2D eigenvalue weighted by atomic mass is 10.2. The van der Waals surface area contributed by atoms with Gasteiger partial charge in [-0.15, -0.1) is 0 Å². The predicted octanol–water partition coefficient (Wildman–Crippen LogP) is 2.68. The molecule has 0 atom stereocenters. The first-order valence-corrected chi connectivity index (χ1v) is 9.16. The number of carbonyl (C=O) groups is 3. The summed E-state index contributed by atoms with van der Waals surface area (Å²) in [7, 11) is 0. The Hall–Kier alpha value is -3.61. The van der Waals surface area contributed by atoms with Crippen LogP contribution < -0.4 is 15.4 Å². The minimum Gasteiger partial charge on any atom is -0.457 e. The predicted molar refractivity (Wildman–Crippen MR) is 109 cm³/mol. The van der Waals surface area contributed by atoms with Gasteiger partial charge in [0.1, 0.15) is 11.5 Å². The summed E-state index contributed by atoms with van der Waals surface area (Å²) in [4.78, 5) is 34.8. The fraction of sp³-hybridized carbons (Fsp3) is 0.227. The van der Waals surface area contributed by atoms with E-state index in [1.54, 1.807) is 18.2 Å². The summed E-state index contributed by atoms with van der Waals surface area (Å²) in [5.74, 6) is -0.186. The molecular formula is C22H24N2O5. The summed E-state index contributed by atoms with van der Waals surface area (Å²) in [6.45, 7) is 3.00. The third-order valence-electron chi connectivity index (χ3n) is 3.49. The second kappa shape index (κ2) is 11.3. The molecule has 7 heteroatoms. The molecule has 0 saturated heterocycles. The lowest BCUT2D eigenvalue weighted by molar-refractivity contribution is -0.143. The Morgan fingerprint density at radius 3 is 2.41 bits per heavy atom. The summed E-state index contributed by atoms with van der Waals surface area (Å²) >= 11 is 0. The number of hydrogen-bond acceptors (Lipinski definition) is 5. The van der Waals surface area contributed by atoms with Crippen molar-refractivity contribution in [1.82, 2.24) is 10.6 Å². The SMILES string of the molecule is CC(C)NC(=O)CNC(=O)COC(=O)/C=C/c1cccc(Oc2ccccc2)c1. The first-order chi connectivity index (χ1) is 13.9. The average molecular weight is 396 g/mol. The van der Waals surface area contributed by atoms with Crippen molar-refractivity contribution in [2.45, 2.75) is 19.9 Å². The van der Waals surface area contributed by atoms with Crippen LogP contribution in [0, 0.1) is 0 Å². The van der Waals surface area contributed by atoms with Crippen molar-refractivity contribution < 1.29 is 23.9 Å². The number of amides is 2. The molecule has 0 heterocycles. The molecule has 29 heavy (non-hydrogen) atoms. The second-order valence-electron chi connectivity index (χ2n) is 6.43. The van der Waals surface area contributed by atoms with E-state index in [2.05, 4.69) is 10.6 Å². The molecule has 0 aliphatic carbocycles. The van der Waals surface area contributed by atoms with Crippen molar-refractivity contribution in [1.29, 1.82) is 0 Å². The van der Waals surface area contributed by atoms with Crippen LogP contribution in [0.25, 0.3) is 6.08 Å². The Bertz CT molecular complexity index is 863. The maximum Gasteiger partial charge on any atom is 0.331 e. The Labute approximate surface area is 169 Å². The largest absolute Gasteiger partial charge is 0.457 e. The van der Waals surface area contributed by atoms with Crippen molar-refractivity contribution in [2.24, 2.45) is 0 Å². The van der Waals surface area contributed by atoms with Crippen molar-refractivity contribution in [2.75, 3.05) is 13.2 Å². The highest BCUT2D eigenvalue weighted by atomic mass is 16.5. The van der Waals surface area contributed by atoms with Gasteiger partial charge in [0.05, 0.1) is 6.54 Å². The standard InChI is InChI=1S/C22H24N2O5/c1-16(2)24-20(25)14-23-21(26)15-28-22(27)12-11-17-7-6-10-19(13-17)29-18-8-4-3-5-9-18/h3-13,16H,14-15H2,1-2H3,(H,23,26)(H,24,25)/b12-11+. The number of benzene rings is 2. The molecule has 0 unspecified atom stereocenters. The van der Waals surface area contributed by atoms with Crippen molar-refractivity contribution in [3.05, 3.63) is 66.2 Å². The molecular weight excluding hydrogens is 372 g/mol. The first kappa shape index (κ1) is 21.7. The smallest absolute Gasteiger partial charge is 0.331 e. The molecule has 0 radical (unpaired) electrons. The number of esters is 1. The summed E-state index contributed by atoms with van der Waals surface area (Å²) < 4.78 is 10.6. The van der Waals surface area contributed by atoms with Gasteiger partial charge in [-0.3, -0.25) is 9.59 Å². The number of hydrogen-bond donors (Lipinski definition) is 2. The first-order valence-electron chi connectivity index (χ1n) is 9.16. The van der Waals surface area contributed by atoms with Crippen molar-refractivity contribution >= 4 is 23.9 Å². The molecule has 0 aliphatic rings. The van der Waals surface area contributed by atoms with E-state index in [1.807, 2.05) is 56.3 Å². The third kappa shape index (κ3) is 8.75. The van der Waals surface area contributed by atoms with Gasteiger partial charge in [0.15, 0.2) is 6.61 Å². The Kier molecular flexibility index (Phi) is 8.44. The van der Waals surface area contributed by atoms with E-state index in [0.29, 0.717) is 11.5 Å². The number of carbonyl (C=O) groups excluding carboxylic acids is 3. The molecule has 0 bridgehead atoms. The summed E-state index contributed by atoms with van der Waals surface area (Å²) in [5.41, 5.74) is 0.741. The highest BCUT2D eigenvalue weighted by Gasteiger charge is 2.08. The molecule has 0 saturated carbocycles. The number of para-hydroxylation sites is 1. The molecule has 0 aromatic heterocycles. The topological polar surface area (TPSA) is 93.7 Å². The molecule has 0 spiro atoms. The normalized spacial score (nSPS) is 10.6. The molecule has 7 nitrogen and oxygen atoms in total. The van der Waals surface area contributed by atoms with Gasteiger partial charge >= 0.3 is 5.97 Å². The summed E-state index contributed by atoms with van der Waals surface area (Å²) in [5, 5.41) is 5.02. The average Bonchev–Trinajstić information content (AvgIpc) is 2.70. The van der Waals surface area contributed by atoms with E-state index in [0.717, 1.165) is 5.56 Å². The molecule has 152 valence electrons. The lowest BCUT2D eigenvalue weighted by Gasteiger charge is -2.09. The van der Waals surface area contributed by atoms with E-state index >= 15 is 0 Å². The van der Waals surface area contributed by atoms with E-state index in [-0.39, 0.29) is 18.5 Å². The third-order valence-corrected chi connectivity index (χ3v) is 3.49. The minimum absolute atomic E-state index is 0.0148. The van der Waals surface area contributed by atoms with E-state index in [1.165, 1.54) is 6.08 Å². The van der Waals surface area contributed by atoms with Gasteiger partial charge in [-0.2, -0.15) is 0 Å². The number of nitrogens with one attached hydrogen (secondary N) is 2. The van der Waals surface area contributed by atoms with Crippen molar-refractivity contribution in [3.8, 4) is 11.5 Å². The van der Waals surface area contributed by atoms with Gasteiger partial charge < -0.3 is 20.1 Å². The van der Waals surface area contributed by atoms with Gasteiger partial charge in [-0.1, -0.05) is 30.3 Å². The van der Waals surface area contributed by atoms with Crippen LogP contribution in [0.2, 0.25) is 0 Å². The Morgan fingerprint density at radius 1 is 0.966 bits per heavy atom. The molecule has 2 aromatic carbocycles. The molecule has 0 aliphatic heterocycles. The van der Waals surface area contributed by atoms with Gasteiger partial charge in [0, 0.05) is 12.1 Å². The van der Waals surface area contributed by atoms with Crippen LogP contribution in [0.4, 0.5) is 0 Å². The van der Waals surface area contributed by atoms with Gasteiger partial charge in [-0.05, 0) is 49.8 Å². The van der Waals surface area contributed by atoms with Crippen LogP contribution >= 0.6 is 0 Å². The fourth-order valence-corrected chi connectivity index (χ4v) is 2.26. The highest BCUT2D eigenvalue weighted by molar-refractivity contribution is 5.90. The quantitative estimate of drug-likeness (QED) is 0.502. The van der Waals surface area contributed by atoms with Crippen LogP contribution in [0.1, 0.15) is 19.4 Å². The fourth-order valence-electron chi connectivity index (χ4n) is 2.26. The van der Waals surface area contributed by atoms with Crippen LogP contribution in [0.3, 0.4) is 0 Å². The summed E-state index contributed by atoms with van der Waals surface area (Å²) in [6, 6.07) is 16.5. The molecule has 0 fully saturated rings. The summed E-state index contributed by atoms with van der Waals surface area (Å²) in [6.07, 6.45) is 2.79. The second-order valence-corrected chi connectivity index (χ2v) is 6.43. The minimum atomic E-state index is -0.666. The molecule has 2 rings (SSSR count).